The van der Waals surface area contributed by atoms with Gasteiger partial charge in [-0.2, -0.15) is 0 Å². The zero-order chi connectivity index (χ0) is 9.10. The summed E-state index contributed by atoms with van der Waals surface area (Å²) < 4.78 is 0. The van der Waals surface area contributed by atoms with Gasteiger partial charge in [-0.15, -0.1) is 0 Å². The molecule has 0 saturated carbocycles. The van der Waals surface area contributed by atoms with E-state index in [-0.39, 0.29) is 6.04 Å². The summed E-state index contributed by atoms with van der Waals surface area (Å²) in [5.41, 5.74) is 7.40. The monoisotopic (exact) mass is 173 g/mol. The lowest BCUT2D eigenvalue weighted by Gasteiger charge is -2.24. The summed E-state index contributed by atoms with van der Waals surface area (Å²) in [5, 5.41) is 0. The SMILES string of the molecule is NC1C=CCCC1c1ccccc1. The lowest BCUT2D eigenvalue weighted by atomic mass is 9.84. The number of hydrogen-bond donors (Lipinski definition) is 1. The van der Waals surface area contributed by atoms with Crippen LogP contribution in [0.5, 0.6) is 0 Å². The van der Waals surface area contributed by atoms with Crippen LogP contribution in [0, 0.1) is 0 Å². The van der Waals surface area contributed by atoms with Crippen molar-refractivity contribution < 1.29 is 0 Å². The first-order valence-electron chi connectivity index (χ1n) is 4.85. The number of hydrogen-bond acceptors (Lipinski definition) is 1. The molecule has 2 unspecified atom stereocenters. The molecule has 2 atom stereocenters. The van der Waals surface area contributed by atoms with Gasteiger partial charge < -0.3 is 5.73 Å². The summed E-state index contributed by atoms with van der Waals surface area (Å²) in [4.78, 5) is 0. The van der Waals surface area contributed by atoms with Gasteiger partial charge in [0.25, 0.3) is 0 Å². The van der Waals surface area contributed by atoms with Crippen LogP contribution in [-0.2, 0) is 0 Å². The van der Waals surface area contributed by atoms with Gasteiger partial charge in [0.05, 0.1) is 0 Å². The van der Waals surface area contributed by atoms with Gasteiger partial charge in [0.1, 0.15) is 0 Å². The average molecular weight is 173 g/mol. The van der Waals surface area contributed by atoms with Crippen LogP contribution in [0.15, 0.2) is 42.5 Å². The Kier molecular flexibility index (Phi) is 2.46. The van der Waals surface area contributed by atoms with Crippen LogP contribution in [-0.4, -0.2) is 6.04 Å². The number of nitrogens with two attached hydrogens (primary N) is 1. The van der Waals surface area contributed by atoms with Crippen LogP contribution in [0.2, 0.25) is 0 Å². The molecule has 0 radical (unpaired) electrons. The van der Waals surface area contributed by atoms with E-state index in [9.17, 15) is 0 Å². The molecule has 1 aromatic rings. The van der Waals surface area contributed by atoms with Crippen molar-refractivity contribution in [2.45, 2.75) is 24.8 Å². The highest BCUT2D eigenvalue weighted by Crippen LogP contribution is 2.27. The Hall–Kier alpha value is -1.08. The van der Waals surface area contributed by atoms with E-state index in [2.05, 4.69) is 36.4 Å². The fourth-order valence-electron chi connectivity index (χ4n) is 1.94. The zero-order valence-corrected chi connectivity index (χ0v) is 7.69. The van der Waals surface area contributed by atoms with E-state index < -0.39 is 0 Å². The maximum Gasteiger partial charge on any atom is 0.0293 e. The summed E-state index contributed by atoms with van der Waals surface area (Å²) in [5.74, 6) is 0.520. The summed E-state index contributed by atoms with van der Waals surface area (Å²) in [6, 6.07) is 10.8. The van der Waals surface area contributed by atoms with Crippen LogP contribution in [0.3, 0.4) is 0 Å². The van der Waals surface area contributed by atoms with Gasteiger partial charge in [0.2, 0.25) is 0 Å². The van der Waals surface area contributed by atoms with Gasteiger partial charge in [-0.25, -0.2) is 0 Å². The highest BCUT2D eigenvalue weighted by Gasteiger charge is 2.19. The molecule has 1 aromatic carbocycles. The quantitative estimate of drug-likeness (QED) is 0.648. The molecule has 1 aliphatic carbocycles. The summed E-state index contributed by atoms with van der Waals surface area (Å²) in [6.45, 7) is 0. The van der Waals surface area contributed by atoms with Gasteiger partial charge >= 0.3 is 0 Å². The highest BCUT2D eigenvalue weighted by atomic mass is 14.6. The van der Waals surface area contributed by atoms with E-state index in [1.54, 1.807) is 0 Å². The van der Waals surface area contributed by atoms with Crippen LogP contribution < -0.4 is 5.73 Å². The fraction of sp³-hybridized carbons (Fsp3) is 0.333. The summed E-state index contributed by atoms with van der Waals surface area (Å²) in [6.07, 6.45) is 6.65. The Labute approximate surface area is 79.3 Å². The lowest BCUT2D eigenvalue weighted by Crippen LogP contribution is -2.28. The Bertz CT molecular complexity index is 289. The van der Waals surface area contributed by atoms with Crippen molar-refractivity contribution in [2.24, 2.45) is 5.73 Å². The molecule has 0 fully saturated rings. The molecule has 13 heavy (non-hydrogen) atoms. The molecule has 0 aromatic heterocycles. The van der Waals surface area contributed by atoms with Crippen LogP contribution in [0.4, 0.5) is 0 Å². The van der Waals surface area contributed by atoms with E-state index >= 15 is 0 Å². The molecule has 2 N–H and O–H groups in total. The number of allylic oxidation sites excluding steroid dienone is 1. The first-order chi connectivity index (χ1) is 6.38. The van der Waals surface area contributed by atoms with Crippen LogP contribution >= 0.6 is 0 Å². The van der Waals surface area contributed by atoms with E-state index in [1.807, 2.05) is 6.07 Å². The van der Waals surface area contributed by atoms with Gasteiger partial charge in [0.15, 0.2) is 0 Å². The smallest absolute Gasteiger partial charge is 0.0293 e. The Balaban J connectivity index is 2.22. The molecule has 0 spiro atoms. The van der Waals surface area contributed by atoms with Crippen molar-refractivity contribution >= 4 is 0 Å². The van der Waals surface area contributed by atoms with Crippen molar-refractivity contribution in [2.75, 3.05) is 0 Å². The van der Waals surface area contributed by atoms with Gasteiger partial charge in [0, 0.05) is 12.0 Å². The molecule has 2 rings (SSSR count). The fourth-order valence-corrected chi connectivity index (χ4v) is 1.94. The van der Waals surface area contributed by atoms with Gasteiger partial charge in [-0.1, -0.05) is 42.5 Å². The second-order valence-corrected chi connectivity index (χ2v) is 3.60. The predicted molar refractivity (Wildman–Crippen MR) is 55.5 cm³/mol. The molecule has 1 heteroatoms. The maximum absolute atomic E-state index is 6.02. The predicted octanol–water partition coefficient (Wildman–Crippen LogP) is 2.45. The van der Waals surface area contributed by atoms with E-state index in [1.165, 1.54) is 12.0 Å². The third-order valence-corrected chi connectivity index (χ3v) is 2.69. The highest BCUT2D eigenvalue weighted by molar-refractivity contribution is 5.24. The standard InChI is InChI=1S/C12H15N/c13-12-9-5-4-8-11(12)10-6-2-1-3-7-10/h1-3,5-7,9,11-12H,4,8,13H2. The molecule has 0 aliphatic heterocycles. The first kappa shape index (κ1) is 8.52. The second kappa shape index (κ2) is 3.75. The summed E-state index contributed by atoms with van der Waals surface area (Å²) in [7, 11) is 0. The minimum atomic E-state index is 0.205. The minimum Gasteiger partial charge on any atom is -0.324 e. The molecule has 1 nitrogen and oxygen atoms in total. The van der Waals surface area contributed by atoms with Crippen molar-refractivity contribution in [3.05, 3.63) is 48.0 Å². The van der Waals surface area contributed by atoms with E-state index in [0.717, 1.165) is 6.42 Å². The molecular weight excluding hydrogens is 158 g/mol. The second-order valence-electron chi connectivity index (χ2n) is 3.60. The van der Waals surface area contributed by atoms with Crippen LogP contribution in [0.1, 0.15) is 24.3 Å². The lowest BCUT2D eigenvalue weighted by molar-refractivity contribution is 0.547. The number of benzene rings is 1. The molecular formula is C12H15N. The Morgan fingerprint density at radius 1 is 1.15 bits per heavy atom. The third-order valence-electron chi connectivity index (χ3n) is 2.69. The summed E-state index contributed by atoms with van der Waals surface area (Å²) >= 11 is 0. The van der Waals surface area contributed by atoms with Gasteiger partial charge in [-0.05, 0) is 18.4 Å². The Morgan fingerprint density at radius 3 is 2.62 bits per heavy atom. The number of rotatable bonds is 1. The topological polar surface area (TPSA) is 26.0 Å². The molecule has 0 bridgehead atoms. The zero-order valence-electron chi connectivity index (χ0n) is 7.69. The molecule has 1 aliphatic rings. The van der Waals surface area contributed by atoms with Crippen molar-refractivity contribution in [3.63, 3.8) is 0 Å². The van der Waals surface area contributed by atoms with Crippen LogP contribution in [0.25, 0.3) is 0 Å². The van der Waals surface area contributed by atoms with Crippen molar-refractivity contribution in [1.29, 1.82) is 0 Å². The molecule has 0 heterocycles. The molecule has 68 valence electrons. The first-order valence-corrected chi connectivity index (χ1v) is 4.85. The van der Waals surface area contributed by atoms with E-state index in [4.69, 9.17) is 5.73 Å². The average Bonchev–Trinajstić information content (AvgIpc) is 2.20. The maximum atomic E-state index is 6.02. The van der Waals surface area contributed by atoms with Crippen molar-refractivity contribution in [1.82, 2.24) is 0 Å². The van der Waals surface area contributed by atoms with Gasteiger partial charge in [-0.3, -0.25) is 0 Å². The van der Waals surface area contributed by atoms with Crippen molar-refractivity contribution in [3.8, 4) is 0 Å². The normalized spacial score (nSPS) is 27.5. The molecule has 0 saturated heterocycles. The molecule has 0 amide bonds. The third kappa shape index (κ3) is 1.81. The van der Waals surface area contributed by atoms with E-state index in [0.29, 0.717) is 5.92 Å². The largest absolute Gasteiger partial charge is 0.324 e. The minimum absolute atomic E-state index is 0.205. The Morgan fingerprint density at radius 2 is 1.92 bits per heavy atom.